The fraction of sp³-hybridized carbons (Fsp3) is 0.211. The monoisotopic (exact) mass is 370 g/mol. The number of aliphatic imine (C=N–C) groups is 1. The molecule has 0 aliphatic rings. The highest BCUT2D eigenvalue weighted by molar-refractivity contribution is 8.07. The van der Waals surface area contributed by atoms with Gasteiger partial charge in [-0.1, -0.05) is 6.58 Å². The second kappa shape index (κ2) is 11.8. The minimum Gasteiger partial charge on any atom is -0.402 e. The summed E-state index contributed by atoms with van der Waals surface area (Å²) in [6, 6.07) is 3.90. The molecule has 2 heterocycles. The molecular formula is C19H26N6S. The Morgan fingerprint density at radius 1 is 1.38 bits per heavy atom. The molecule has 6 nitrogen and oxygen atoms in total. The minimum absolute atomic E-state index is 0.581. The number of allylic oxidation sites excluding steroid dienone is 1. The van der Waals surface area contributed by atoms with E-state index in [-0.39, 0.29) is 0 Å². The fourth-order valence-corrected chi connectivity index (χ4v) is 2.65. The highest BCUT2D eigenvalue weighted by atomic mass is 32.2. The van der Waals surface area contributed by atoms with Gasteiger partial charge < -0.3 is 16.0 Å². The van der Waals surface area contributed by atoms with Crippen LogP contribution < -0.4 is 11.5 Å². The summed E-state index contributed by atoms with van der Waals surface area (Å²) in [5, 5.41) is 0. The number of hydrogen-bond acceptors (Lipinski definition) is 6. The zero-order valence-corrected chi connectivity index (χ0v) is 16.1. The molecule has 0 saturated heterocycles. The summed E-state index contributed by atoms with van der Waals surface area (Å²) in [6.07, 6.45) is 12.6. The zero-order valence-electron chi connectivity index (χ0n) is 15.3. The van der Waals surface area contributed by atoms with E-state index in [2.05, 4.69) is 28.3 Å². The van der Waals surface area contributed by atoms with Crippen molar-refractivity contribution in [2.24, 2.45) is 16.5 Å². The maximum absolute atomic E-state index is 5.63. The second-order valence-corrected chi connectivity index (χ2v) is 6.05. The summed E-state index contributed by atoms with van der Waals surface area (Å²) in [5.74, 6) is 0. The lowest BCUT2D eigenvalue weighted by Gasteiger charge is -2.03. The first kappa shape index (κ1) is 21.4. The molecule has 0 aromatic carbocycles. The van der Waals surface area contributed by atoms with E-state index in [9.17, 15) is 0 Å². The van der Waals surface area contributed by atoms with Crippen molar-refractivity contribution < 1.29 is 0 Å². The van der Waals surface area contributed by atoms with E-state index < -0.39 is 0 Å². The quantitative estimate of drug-likeness (QED) is 0.730. The molecule has 138 valence electrons. The molecule has 0 spiro atoms. The van der Waals surface area contributed by atoms with Crippen molar-refractivity contribution in [1.29, 1.82) is 0 Å². The molecule has 7 heteroatoms. The van der Waals surface area contributed by atoms with Gasteiger partial charge >= 0.3 is 0 Å². The van der Waals surface area contributed by atoms with Gasteiger partial charge in [0.25, 0.3) is 0 Å². The van der Waals surface area contributed by atoms with Gasteiger partial charge in [0.1, 0.15) is 0 Å². The van der Waals surface area contributed by atoms with E-state index in [0.29, 0.717) is 6.54 Å². The van der Waals surface area contributed by atoms with Gasteiger partial charge in [0.2, 0.25) is 0 Å². The number of imidazole rings is 1. The van der Waals surface area contributed by atoms with Gasteiger partial charge in [0.15, 0.2) is 0 Å². The van der Waals surface area contributed by atoms with Crippen LogP contribution in [0.15, 0.2) is 54.3 Å². The molecule has 2 aromatic rings. The predicted molar refractivity (Wildman–Crippen MR) is 114 cm³/mol. The zero-order chi connectivity index (χ0) is 19.4. The Balaban J connectivity index is 0.000000263. The number of rotatable bonds is 7. The lowest BCUT2D eigenvalue weighted by molar-refractivity contribution is 0.702. The van der Waals surface area contributed by atoms with Crippen molar-refractivity contribution in [3.05, 3.63) is 66.3 Å². The summed E-state index contributed by atoms with van der Waals surface area (Å²) in [7, 11) is 0. The van der Waals surface area contributed by atoms with Gasteiger partial charge in [-0.05, 0) is 49.7 Å². The molecule has 0 aliphatic carbocycles. The van der Waals surface area contributed by atoms with Gasteiger partial charge in [-0.2, -0.15) is 0 Å². The predicted octanol–water partition coefficient (Wildman–Crippen LogP) is 3.25. The average Bonchev–Trinajstić information content (AvgIpc) is 3.02. The Labute approximate surface area is 159 Å². The van der Waals surface area contributed by atoms with Crippen LogP contribution in [-0.4, -0.2) is 34.1 Å². The van der Waals surface area contributed by atoms with Crippen molar-refractivity contribution in [3.63, 3.8) is 0 Å². The SMILES string of the molecule is C=Cc1ncn(CCN)c1/C=C(\C)N.C=N/C=C(\SC)c1ccncc1. The fourth-order valence-electron chi connectivity index (χ4n) is 2.10. The molecule has 0 radical (unpaired) electrons. The number of thioether (sulfide) groups is 1. The smallest absolute Gasteiger partial charge is 0.0958 e. The molecule has 2 rings (SSSR count). The highest BCUT2D eigenvalue weighted by Crippen LogP contribution is 2.23. The molecule has 0 saturated carbocycles. The summed E-state index contributed by atoms with van der Waals surface area (Å²) < 4.78 is 1.97. The summed E-state index contributed by atoms with van der Waals surface area (Å²) in [6.45, 7) is 10.3. The normalized spacial score (nSPS) is 11.5. The first-order valence-electron chi connectivity index (χ1n) is 7.99. The van der Waals surface area contributed by atoms with Crippen LogP contribution in [0.25, 0.3) is 17.1 Å². The number of aromatic nitrogens is 3. The molecule has 26 heavy (non-hydrogen) atoms. The minimum atomic E-state index is 0.581. The number of hydrogen-bond donors (Lipinski definition) is 2. The lowest BCUT2D eigenvalue weighted by Crippen LogP contribution is -2.10. The molecule has 0 unspecified atom stereocenters. The highest BCUT2D eigenvalue weighted by Gasteiger charge is 2.04. The van der Waals surface area contributed by atoms with Crippen molar-refractivity contribution >= 4 is 35.5 Å². The average molecular weight is 371 g/mol. The van der Waals surface area contributed by atoms with Crippen LogP contribution in [0, 0.1) is 0 Å². The third-order valence-corrected chi connectivity index (χ3v) is 4.01. The van der Waals surface area contributed by atoms with Crippen molar-refractivity contribution in [1.82, 2.24) is 14.5 Å². The van der Waals surface area contributed by atoms with Crippen LogP contribution in [0.2, 0.25) is 0 Å². The summed E-state index contributed by atoms with van der Waals surface area (Å²) >= 11 is 1.65. The van der Waals surface area contributed by atoms with Crippen LogP contribution in [0.4, 0.5) is 0 Å². The van der Waals surface area contributed by atoms with E-state index in [1.54, 1.807) is 42.8 Å². The standard InChI is InChI=1S/C10H16N4.C9H10N2S/c1-3-9-10(6-8(2)12)14(5-4-11)7-13-9;1-10-7-9(12-2)8-3-5-11-6-4-8/h3,6-7H,1,4-5,11-12H2,2H3;3-7H,1H2,2H3/b8-6+;9-7-. The van der Waals surface area contributed by atoms with Crippen LogP contribution in [0.1, 0.15) is 23.9 Å². The Hall–Kier alpha value is -2.64. The van der Waals surface area contributed by atoms with Gasteiger partial charge in [-0.25, -0.2) is 4.98 Å². The maximum Gasteiger partial charge on any atom is 0.0958 e. The Morgan fingerprint density at radius 2 is 2.08 bits per heavy atom. The Kier molecular flexibility index (Phi) is 9.74. The van der Waals surface area contributed by atoms with E-state index in [1.165, 1.54) is 0 Å². The maximum atomic E-state index is 5.63. The molecule has 2 aromatic heterocycles. The van der Waals surface area contributed by atoms with Gasteiger partial charge in [0, 0.05) is 42.3 Å². The molecule has 0 bridgehead atoms. The van der Waals surface area contributed by atoms with E-state index in [1.807, 2.05) is 36.0 Å². The Morgan fingerprint density at radius 3 is 2.58 bits per heavy atom. The summed E-state index contributed by atoms with van der Waals surface area (Å²) in [5.41, 5.74) is 14.8. The van der Waals surface area contributed by atoms with Crippen LogP contribution in [0.5, 0.6) is 0 Å². The first-order chi connectivity index (χ1) is 12.6. The summed E-state index contributed by atoms with van der Waals surface area (Å²) in [4.78, 5) is 13.0. The Bertz CT molecular complexity index is 758. The number of pyridine rings is 1. The van der Waals surface area contributed by atoms with Crippen LogP contribution >= 0.6 is 11.8 Å². The first-order valence-corrected chi connectivity index (χ1v) is 9.21. The largest absolute Gasteiger partial charge is 0.402 e. The van der Waals surface area contributed by atoms with Crippen LogP contribution in [0.3, 0.4) is 0 Å². The number of nitrogens with zero attached hydrogens (tertiary/aromatic N) is 4. The van der Waals surface area contributed by atoms with Crippen LogP contribution in [-0.2, 0) is 6.54 Å². The van der Waals surface area contributed by atoms with E-state index in [4.69, 9.17) is 11.5 Å². The third-order valence-electron chi connectivity index (χ3n) is 3.23. The molecular weight excluding hydrogens is 344 g/mol. The molecule has 0 aliphatic heterocycles. The topological polar surface area (TPSA) is 95.1 Å². The molecule has 0 amide bonds. The van der Waals surface area contributed by atoms with Crippen molar-refractivity contribution in [2.75, 3.05) is 12.8 Å². The van der Waals surface area contributed by atoms with Crippen molar-refractivity contribution in [3.8, 4) is 0 Å². The second-order valence-electron chi connectivity index (χ2n) is 5.21. The van der Waals surface area contributed by atoms with E-state index in [0.717, 1.165) is 34.1 Å². The van der Waals surface area contributed by atoms with Crippen molar-refractivity contribution in [2.45, 2.75) is 13.5 Å². The number of nitrogens with two attached hydrogens (primary N) is 2. The van der Waals surface area contributed by atoms with Gasteiger partial charge in [-0.15, -0.1) is 11.8 Å². The van der Waals surface area contributed by atoms with Gasteiger partial charge in [-0.3, -0.25) is 9.98 Å². The molecule has 0 atom stereocenters. The lowest BCUT2D eigenvalue weighted by atomic mass is 10.2. The molecule has 0 fully saturated rings. The van der Waals surface area contributed by atoms with Gasteiger partial charge in [0.05, 0.1) is 17.7 Å². The molecule has 4 N–H and O–H groups in total. The third kappa shape index (κ3) is 6.70. The van der Waals surface area contributed by atoms with E-state index >= 15 is 0 Å².